The molecule has 0 unspecified atom stereocenters. The fourth-order valence-electron chi connectivity index (χ4n) is 5.91. The second-order valence-corrected chi connectivity index (χ2v) is 12.6. The van der Waals surface area contributed by atoms with Crippen LogP contribution in [0.5, 0.6) is 5.75 Å². The molecular weight excluding hydrogens is 480 g/mol. The molecule has 0 N–H and O–H groups in total. The monoisotopic (exact) mass is 518 g/mol. The van der Waals surface area contributed by atoms with Crippen LogP contribution in [0.15, 0.2) is 23.1 Å². The molecule has 0 aromatic heterocycles. The van der Waals surface area contributed by atoms with E-state index in [1.807, 2.05) is 4.90 Å². The smallest absolute Gasteiger partial charge is 0.265 e. The lowest BCUT2D eigenvalue weighted by Gasteiger charge is -2.41. The summed E-state index contributed by atoms with van der Waals surface area (Å²) in [6.45, 7) is 5.88. The van der Waals surface area contributed by atoms with E-state index in [0.717, 1.165) is 25.9 Å². The molecule has 1 aromatic carbocycles. The van der Waals surface area contributed by atoms with Gasteiger partial charge in [-0.2, -0.15) is 4.31 Å². The van der Waals surface area contributed by atoms with Crippen molar-refractivity contribution in [2.75, 3.05) is 57.3 Å². The van der Waals surface area contributed by atoms with Gasteiger partial charge in [0.1, 0.15) is 12.3 Å². The SMILES string of the molecule is CC1CCN(S(=O)(=O)c2ccc3c(c2)N(CC(=O)N2CCN(C4CCCCC4)CC2)C(=O)CO3)CC1. The predicted octanol–water partition coefficient (Wildman–Crippen LogP) is 2.31. The van der Waals surface area contributed by atoms with E-state index in [2.05, 4.69) is 11.8 Å². The largest absolute Gasteiger partial charge is 0.482 e. The number of hydrogen-bond acceptors (Lipinski definition) is 6. The van der Waals surface area contributed by atoms with Crippen molar-refractivity contribution >= 4 is 27.5 Å². The van der Waals surface area contributed by atoms with Gasteiger partial charge in [-0.05, 0) is 49.8 Å². The van der Waals surface area contributed by atoms with Crippen LogP contribution in [-0.2, 0) is 19.6 Å². The van der Waals surface area contributed by atoms with E-state index in [1.165, 1.54) is 53.4 Å². The Kier molecular flexibility index (Phi) is 7.55. The van der Waals surface area contributed by atoms with Gasteiger partial charge in [-0.25, -0.2) is 8.42 Å². The third-order valence-electron chi connectivity index (χ3n) is 8.31. The van der Waals surface area contributed by atoms with Crippen LogP contribution >= 0.6 is 0 Å². The molecule has 3 heterocycles. The Morgan fingerprint density at radius 2 is 1.67 bits per heavy atom. The van der Waals surface area contributed by atoms with Gasteiger partial charge < -0.3 is 9.64 Å². The Bertz CT molecular complexity index is 1070. The molecule has 4 aliphatic rings. The van der Waals surface area contributed by atoms with Crippen LogP contribution in [-0.4, -0.2) is 92.8 Å². The lowest BCUT2D eigenvalue weighted by atomic mass is 9.94. The molecule has 1 aromatic rings. The summed E-state index contributed by atoms with van der Waals surface area (Å²) in [5.41, 5.74) is 0.354. The Morgan fingerprint density at radius 1 is 0.972 bits per heavy atom. The zero-order valence-electron chi connectivity index (χ0n) is 21.2. The van der Waals surface area contributed by atoms with E-state index < -0.39 is 10.0 Å². The molecule has 3 aliphatic heterocycles. The summed E-state index contributed by atoms with van der Waals surface area (Å²) in [4.78, 5) is 31.9. The van der Waals surface area contributed by atoms with E-state index in [4.69, 9.17) is 4.74 Å². The van der Waals surface area contributed by atoms with Gasteiger partial charge >= 0.3 is 0 Å². The molecule has 198 valence electrons. The molecule has 3 fully saturated rings. The number of nitrogens with zero attached hydrogens (tertiary/aromatic N) is 4. The van der Waals surface area contributed by atoms with Gasteiger partial charge in [0, 0.05) is 45.3 Å². The van der Waals surface area contributed by atoms with Crippen molar-refractivity contribution in [3.63, 3.8) is 0 Å². The number of benzene rings is 1. The van der Waals surface area contributed by atoms with E-state index in [1.54, 1.807) is 6.07 Å². The first-order valence-corrected chi connectivity index (χ1v) is 14.9. The van der Waals surface area contributed by atoms with Gasteiger partial charge in [-0.1, -0.05) is 26.2 Å². The van der Waals surface area contributed by atoms with Crippen LogP contribution in [0.1, 0.15) is 51.9 Å². The third kappa shape index (κ3) is 5.26. The summed E-state index contributed by atoms with van der Waals surface area (Å²) in [7, 11) is -3.69. The normalized spacial score (nSPS) is 23.4. The van der Waals surface area contributed by atoms with Crippen molar-refractivity contribution in [3.8, 4) is 5.75 Å². The van der Waals surface area contributed by atoms with Gasteiger partial charge in [0.05, 0.1) is 10.6 Å². The van der Waals surface area contributed by atoms with Gasteiger partial charge in [0.15, 0.2) is 6.61 Å². The first kappa shape index (κ1) is 25.5. The lowest BCUT2D eigenvalue weighted by molar-refractivity contribution is -0.133. The van der Waals surface area contributed by atoms with Crippen molar-refractivity contribution in [3.05, 3.63) is 18.2 Å². The number of hydrogen-bond donors (Lipinski definition) is 0. The van der Waals surface area contributed by atoms with Crippen LogP contribution < -0.4 is 9.64 Å². The molecule has 1 aliphatic carbocycles. The summed E-state index contributed by atoms with van der Waals surface area (Å²) in [5, 5.41) is 0. The Balaban J connectivity index is 1.27. The molecule has 5 rings (SSSR count). The number of rotatable bonds is 5. The van der Waals surface area contributed by atoms with Crippen LogP contribution in [0.4, 0.5) is 5.69 Å². The van der Waals surface area contributed by atoms with E-state index in [9.17, 15) is 18.0 Å². The average Bonchev–Trinajstić information content (AvgIpc) is 2.91. The van der Waals surface area contributed by atoms with Crippen LogP contribution in [0.25, 0.3) is 0 Å². The maximum atomic E-state index is 13.3. The molecule has 1 saturated carbocycles. The van der Waals surface area contributed by atoms with E-state index in [0.29, 0.717) is 49.6 Å². The maximum absolute atomic E-state index is 13.3. The molecule has 0 radical (unpaired) electrons. The Hall–Kier alpha value is -2.17. The van der Waals surface area contributed by atoms with Crippen LogP contribution in [0, 0.1) is 5.92 Å². The molecule has 10 heteroatoms. The molecule has 0 atom stereocenters. The van der Waals surface area contributed by atoms with Gasteiger partial charge in [-0.15, -0.1) is 0 Å². The first-order chi connectivity index (χ1) is 17.3. The summed E-state index contributed by atoms with van der Waals surface area (Å²) in [6.07, 6.45) is 8.06. The fourth-order valence-corrected chi connectivity index (χ4v) is 7.40. The number of ether oxygens (including phenoxy) is 1. The third-order valence-corrected chi connectivity index (χ3v) is 10.2. The minimum atomic E-state index is -3.69. The molecular formula is C26H38N4O5S. The number of fused-ring (bicyclic) bond motifs is 1. The molecule has 2 amide bonds. The van der Waals surface area contributed by atoms with E-state index >= 15 is 0 Å². The summed E-state index contributed by atoms with van der Waals surface area (Å²) in [6, 6.07) is 5.26. The van der Waals surface area contributed by atoms with E-state index in [-0.39, 0.29) is 29.9 Å². The molecule has 0 bridgehead atoms. The topological polar surface area (TPSA) is 90.5 Å². The Labute approximate surface area is 214 Å². The Morgan fingerprint density at radius 3 is 2.36 bits per heavy atom. The van der Waals surface area contributed by atoms with Crippen LogP contribution in [0.2, 0.25) is 0 Å². The number of piperidine rings is 1. The summed E-state index contributed by atoms with van der Waals surface area (Å²) in [5.74, 6) is 0.489. The molecule has 36 heavy (non-hydrogen) atoms. The highest BCUT2D eigenvalue weighted by Gasteiger charge is 2.34. The minimum absolute atomic E-state index is 0.108. The highest BCUT2D eigenvalue weighted by Crippen LogP contribution is 2.36. The van der Waals surface area contributed by atoms with Crippen molar-refractivity contribution in [1.82, 2.24) is 14.1 Å². The van der Waals surface area contributed by atoms with Gasteiger partial charge in [0.25, 0.3) is 5.91 Å². The number of carbonyl (C=O) groups is 2. The number of amides is 2. The number of carbonyl (C=O) groups excluding carboxylic acids is 2. The van der Waals surface area contributed by atoms with Crippen molar-refractivity contribution < 1.29 is 22.7 Å². The maximum Gasteiger partial charge on any atom is 0.265 e. The fraction of sp³-hybridized carbons (Fsp3) is 0.692. The number of sulfonamides is 1. The molecule has 2 saturated heterocycles. The quantitative estimate of drug-likeness (QED) is 0.594. The van der Waals surface area contributed by atoms with Crippen molar-refractivity contribution in [1.29, 1.82) is 0 Å². The van der Waals surface area contributed by atoms with Crippen molar-refractivity contribution in [2.45, 2.75) is 62.8 Å². The zero-order valence-corrected chi connectivity index (χ0v) is 22.0. The molecule has 0 spiro atoms. The first-order valence-electron chi connectivity index (χ1n) is 13.4. The summed E-state index contributed by atoms with van der Waals surface area (Å²) >= 11 is 0. The number of piperazine rings is 1. The second-order valence-electron chi connectivity index (χ2n) is 10.7. The van der Waals surface area contributed by atoms with Gasteiger partial charge in [-0.3, -0.25) is 19.4 Å². The van der Waals surface area contributed by atoms with Crippen molar-refractivity contribution in [2.24, 2.45) is 5.92 Å². The minimum Gasteiger partial charge on any atom is -0.482 e. The zero-order chi connectivity index (χ0) is 25.3. The highest BCUT2D eigenvalue weighted by molar-refractivity contribution is 7.89. The predicted molar refractivity (Wildman–Crippen MR) is 136 cm³/mol. The molecule has 9 nitrogen and oxygen atoms in total. The van der Waals surface area contributed by atoms with Gasteiger partial charge in [0.2, 0.25) is 15.9 Å². The average molecular weight is 519 g/mol. The highest BCUT2D eigenvalue weighted by atomic mass is 32.2. The number of anilines is 1. The lowest BCUT2D eigenvalue weighted by Crippen LogP contribution is -2.55. The van der Waals surface area contributed by atoms with Crippen LogP contribution in [0.3, 0.4) is 0 Å². The standard InChI is InChI=1S/C26H38N4O5S/c1-20-9-11-29(12-10-20)36(33,34)22-7-8-24-23(17-22)30(26(32)19-35-24)18-25(31)28-15-13-27(14-16-28)21-5-3-2-4-6-21/h7-8,17,20-21H,2-6,9-16,18-19H2,1H3. The summed E-state index contributed by atoms with van der Waals surface area (Å²) < 4.78 is 33.7. The second kappa shape index (κ2) is 10.7.